The minimum atomic E-state index is 0.104. The summed E-state index contributed by atoms with van der Waals surface area (Å²) in [5.41, 5.74) is 9.12. The monoisotopic (exact) mass is 392 g/mol. The molecule has 4 heterocycles. The molecule has 0 spiro atoms. The fourth-order valence-corrected chi connectivity index (χ4v) is 4.28. The molecule has 2 fully saturated rings. The molecule has 8 nitrogen and oxygen atoms in total. The quantitative estimate of drug-likeness (QED) is 0.626. The van der Waals surface area contributed by atoms with Gasteiger partial charge in [-0.3, -0.25) is 0 Å². The van der Waals surface area contributed by atoms with Gasteiger partial charge in [0, 0.05) is 29.8 Å². The second-order valence-corrected chi connectivity index (χ2v) is 7.92. The van der Waals surface area contributed by atoms with Crippen molar-refractivity contribution in [2.75, 3.05) is 5.73 Å². The van der Waals surface area contributed by atoms with Crippen LogP contribution in [0.2, 0.25) is 0 Å². The van der Waals surface area contributed by atoms with Gasteiger partial charge in [-0.05, 0) is 50.8 Å². The molecule has 0 saturated carbocycles. The van der Waals surface area contributed by atoms with E-state index in [1.165, 1.54) is 12.8 Å². The highest BCUT2D eigenvalue weighted by Gasteiger charge is 2.34. The Morgan fingerprint density at radius 3 is 2.55 bits per heavy atom. The van der Waals surface area contributed by atoms with Crippen molar-refractivity contribution in [1.82, 2.24) is 25.3 Å². The van der Waals surface area contributed by atoms with Gasteiger partial charge in [-0.1, -0.05) is 0 Å². The van der Waals surface area contributed by atoms with Crippen LogP contribution in [-0.2, 0) is 0 Å². The summed E-state index contributed by atoms with van der Waals surface area (Å²) in [4.78, 5) is 0. The lowest BCUT2D eigenvalue weighted by atomic mass is 10.0. The van der Waals surface area contributed by atoms with E-state index in [1.807, 2.05) is 25.1 Å². The number of fused-ring (bicyclic) bond motifs is 2. The molecular formula is C21H24N6O2. The minimum absolute atomic E-state index is 0.104. The number of aryl methyl sites for hydroxylation is 1. The van der Waals surface area contributed by atoms with Crippen LogP contribution in [0.15, 0.2) is 36.5 Å². The smallest absolute Gasteiger partial charge is 0.233 e. The average molecular weight is 392 g/mol. The predicted octanol–water partition coefficient (Wildman–Crippen LogP) is 2.59. The molecule has 0 radical (unpaired) electrons. The molecular weight excluding hydrogens is 368 g/mol. The zero-order valence-corrected chi connectivity index (χ0v) is 16.2. The van der Waals surface area contributed by atoms with Crippen LogP contribution in [0.25, 0.3) is 16.9 Å². The van der Waals surface area contributed by atoms with Crippen molar-refractivity contribution in [3.05, 3.63) is 42.2 Å². The molecule has 2 saturated heterocycles. The summed E-state index contributed by atoms with van der Waals surface area (Å²) in [6.45, 7) is 1.84. The van der Waals surface area contributed by atoms with E-state index in [0.29, 0.717) is 34.9 Å². The first-order valence-corrected chi connectivity index (χ1v) is 9.97. The number of rotatable bonds is 4. The highest BCUT2D eigenvalue weighted by atomic mass is 16.5. The van der Waals surface area contributed by atoms with Crippen LogP contribution in [-0.4, -0.2) is 43.3 Å². The SMILES string of the molecule is Cc1nn(-c2ccc(-c3ccc(OC4C[C@H]5CC[C@@H](C4)N5)nn3)c(O)c2)cc1N. The number of benzene rings is 1. The number of nitrogens with one attached hydrogen (secondary N) is 1. The van der Waals surface area contributed by atoms with Crippen LogP contribution in [0.1, 0.15) is 31.4 Å². The fraction of sp³-hybridized carbons (Fsp3) is 0.381. The second-order valence-electron chi connectivity index (χ2n) is 7.92. The van der Waals surface area contributed by atoms with Crippen molar-refractivity contribution < 1.29 is 9.84 Å². The third kappa shape index (κ3) is 3.51. The van der Waals surface area contributed by atoms with Crippen LogP contribution in [0.5, 0.6) is 11.6 Å². The Morgan fingerprint density at radius 2 is 1.93 bits per heavy atom. The lowest BCUT2D eigenvalue weighted by molar-refractivity contribution is 0.130. The average Bonchev–Trinajstić information content (AvgIpc) is 3.23. The number of hydrogen-bond acceptors (Lipinski definition) is 7. The lowest BCUT2D eigenvalue weighted by Crippen LogP contribution is -2.42. The largest absolute Gasteiger partial charge is 0.507 e. The van der Waals surface area contributed by atoms with Crippen LogP contribution < -0.4 is 15.8 Å². The summed E-state index contributed by atoms with van der Waals surface area (Å²) in [6.07, 6.45) is 6.40. The van der Waals surface area contributed by atoms with E-state index in [-0.39, 0.29) is 11.9 Å². The van der Waals surface area contributed by atoms with Gasteiger partial charge in [-0.2, -0.15) is 5.10 Å². The molecule has 2 aliphatic rings. The number of piperidine rings is 1. The number of nitrogens with zero attached hydrogens (tertiary/aromatic N) is 4. The topological polar surface area (TPSA) is 111 Å². The molecule has 5 rings (SSSR count). The molecule has 3 aromatic rings. The standard InChI is InChI=1S/C21H24N6O2/c1-12-18(22)11-27(26-12)15-4-5-17(20(28)10-15)19-6-7-21(25-24-19)29-16-8-13-2-3-14(9-16)23-13/h4-7,10-11,13-14,16,23,28H,2-3,8-9,22H2,1H3/t13-,14+,16?. The Bertz CT molecular complexity index is 1000. The van der Waals surface area contributed by atoms with E-state index in [9.17, 15) is 5.11 Å². The summed E-state index contributed by atoms with van der Waals surface area (Å²) in [5, 5.41) is 26.9. The van der Waals surface area contributed by atoms with E-state index in [4.69, 9.17) is 10.5 Å². The number of hydrogen-bond donors (Lipinski definition) is 3. The van der Waals surface area contributed by atoms with Crippen molar-refractivity contribution in [2.45, 2.75) is 50.8 Å². The predicted molar refractivity (Wildman–Crippen MR) is 109 cm³/mol. The van der Waals surface area contributed by atoms with Crippen LogP contribution in [0.4, 0.5) is 5.69 Å². The van der Waals surface area contributed by atoms with E-state index in [2.05, 4.69) is 20.6 Å². The van der Waals surface area contributed by atoms with Gasteiger partial charge in [0.1, 0.15) is 11.9 Å². The Kier molecular flexibility index (Phi) is 4.35. The number of phenols is 1. The van der Waals surface area contributed by atoms with Gasteiger partial charge in [-0.25, -0.2) is 4.68 Å². The maximum absolute atomic E-state index is 10.5. The fourth-order valence-electron chi connectivity index (χ4n) is 4.28. The molecule has 1 aromatic carbocycles. The van der Waals surface area contributed by atoms with Gasteiger partial charge in [-0.15, -0.1) is 10.2 Å². The van der Waals surface area contributed by atoms with Crippen molar-refractivity contribution >= 4 is 5.69 Å². The third-order valence-electron chi connectivity index (χ3n) is 5.82. The number of aromatic hydroxyl groups is 1. The molecule has 0 amide bonds. The van der Waals surface area contributed by atoms with E-state index >= 15 is 0 Å². The summed E-state index contributed by atoms with van der Waals surface area (Å²) < 4.78 is 7.69. The normalized spacial score (nSPS) is 23.3. The summed E-state index contributed by atoms with van der Waals surface area (Å²) in [7, 11) is 0. The third-order valence-corrected chi connectivity index (χ3v) is 5.82. The highest BCUT2D eigenvalue weighted by Crippen LogP contribution is 2.32. The Morgan fingerprint density at radius 1 is 1.14 bits per heavy atom. The number of nitrogen functional groups attached to an aromatic ring is 1. The van der Waals surface area contributed by atoms with Gasteiger partial charge in [0.05, 0.1) is 29.0 Å². The Balaban J connectivity index is 1.32. The Labute approximate surface area is 168 Å². The molecule has 2 bridgehead atoms. The molecule has 3 atom stereocenters. The van der Waals surface area contributed by atoms with Crippen molar-refractivity contribution in [2.24, 2.45) is 0 Å². The summed E-state index contributed by atoms with van der Waals surface area (Å²) >= 11 is 0. The van der Waals surface area contributed by atoms with Gasteiger partial charge in [0.2, 0.25) is 5.88 Å². The maximum atomic E-state index is 10.5. The Hall–Kier alpha value is -3.13. The number of ether oxygens (including phenoxy) is 1. The molecule has 8 heteroatoms. The van der Waals surface area contributed by atoms with Gasteiger partial charge in [0.15, 0.2) is 0 Å². The second kappa shape index (κ2) is 7.04. The molecule has 4 N–H and O–H groups in total. The van der Waals surface area contributed by atoms with Gasteiger partial charge >= 0.3 is 0 Å². The van der Waals surface area contributed by atoms with Crippen molar-refractivity contribution in [3.63, 3.8) is 0 Å². The molecule has 29 heavy (non-hydrogen) atoms. The van der Waals surface area contributed by atoms with Crippen molar-refractivity contribution in [3.8, 4) is 28.6 Å². The number of phenolic OH excluding ortho intramolecular Hbond substituents is 1. The van der Waals surface area contributed by atoms with Gasteiger partial charge in [0.25, 0.3) is 0 Å². The molecule has 150 valence electrons. The molecule has 2 aromatic heterocycles. The molecule has 2 aliphatic heterocycles. The lowest BCUT2D eigenvalue weighted by Gasteiger charge is -2.28. The van der Waals surface area contributed by atoms with E-state index < -0.39 is 0 Å². The first-order chi connectivity index (χ1) is 14.0. The van der Waals surface area contributed by atoms with E-state index in [0.717, 1.165) is 24.2 Å². The molecule has 0 aliphatic carbocycles. The minimum Gasteiger partial charge on any atom is -0.507 e. The van der Waals surface area contributed by atoms with Crippen LogP contribution >= 0.6 is 0 Å². The van der Waals surface area contributed by atoms with E-state index in [1.54, 1.807) is 23.0 Å². The summed E-state index contributed by atoms with van der Waals surface area (Å²) in [5.74, 6) is 0.630. The highest BCUT2D eigenvalue weighted by molar-refractivity contribution is 5.68. The first kappa shape index (κ1) is 17.9. The maximum Gasteiger partial charge on any atom is 0.233 e. The van der Waals surface area contributed by atoms with Crippen LogP contribution in [0.3, 0.4) is 0 Å². The number of nitrogens with two attached hydrogens (primary N) is 1. The number of aromatic nitrogens is 4. The zero-order valence-electron chi connectivity index (χ0n) is 16.2. The zero-order chi connectivity index (χ0) is 20.0. The van der Waals surface area contributed by atoms with Gasteiger partial charge < -0.3 is 20.9 Å². The molecule has 1 unspecified atom stereocenters. The van der Waals surface area contributed by atoms with Crippen LogP contribution in [0, 0.1) is 6.92 Å². The first-order valence-electron chi connectivity index (χ1n) is 9.97. The number of anilines is 1. The summed E-state index contributed by atoms with van der Waals surface area (Å²) in [6, 6.07) is 10.1. The van der Waals surface area contributed by atoms with Crippen molar-refractivity contribution in [1.29, 1.82) is 0 Å².